The molecule has 0 radical (unpaired) electrons. The monoisotopic (exact) mass is 244 g/mol. The average molecular weight is 244 g/mol. The van der Waals surface area contributed by atoms with Crippen molar-refractivity contribution in [2.45, 2.75) is 26.8 Å². The maximum Gasteiger partial charge on any atom is 0.121 e. The van der Waals surface area contributed by atoms with Gasteiger partial charge in [-0.1, -0.05) is 13.8 Å². The van der Waals surface area contributed by atoms with Gasteiger partial charge in [0.2, 0.25) is 0 Å². The Morgan fingerprint density at radius 2 is 2.28 bits per heavy atom. The highest BCUT2D eigenvalue weighted by atomic mass is 15.2. The van der Waals surface area contributed by atoms with Crippen LogP contribution < -0.4 is 5.73 Å². The molecule has 0 aliphatic carbocycles. The van der Waals surface area contributed by atoms with E-state index in [4.69, 9.17) is 5.73 Å². The summed E-state index contributed by atoms with van der Waals surface area (Å²) < 4.78 is 0. The number of fused-ring (bicyclic) bond motifs is 1. The van der Waals surface area contributed by atoms with E-state index in [1.54, 1.807) is 0 Å². The Morgan fingerprint density at radius 1 is 1.44 bits per heavy atom. The first-order valence-corrected chi connectivity index (χ1v) is 6.48. The zero-order valence-corrected chi connectivity index (χ0v) is 11.0. The molecule has 0 spiro atoms. The van der Waals surface area contributed by atoms with Gasteiger partial charge in [-0.25, -0.2) is 4.98 Å². The van der Waals surface area contributed by atoms with E-state index in [0.29, 0.717) is 5.41 Å². The van der Waals surface area contributed by atoms with E-state index in [1.165, 1.54) is 6.42 Å². The van der Waals surface area contributed by atoms with Crippen LogP contribution in [0.1, 0.15) is 26.1 Å². The number of anilines is 1. The van der Waals surface area contributed by atoms with E-state index < -0.39 is 0 Å². The van der Waals surface area contributed by atoms with Gasteiger partial charge in [0.05, 0.1) is 17.6 Å². The number of nitrogens with one attached hydrogen (secondary N) is 1. The molecule has 96 valence electrons. The number of nitrogen functional groups attached to an aromatic ring is 1. The summed E-state index contributed by atoms with van der Waals surface area (Å²) in [6.45, 7) is 7.86. The second-order valence-electron chi connectivity index (χ2n) is 6.08. The number of likely N-dealkylation sites (tertiary alicyclic amines) is 1. The van der Waals surface area contributed by atoms with Gasteiger partial charge in [0.25, 0.3) is 0 Å². The van der Waals surface area contributed by atoms with Crippen LogP contribution in [0.5, 0.6) is 0 Å². The minimum atomic E-state index is 0.441. The lowest BCUT2D eigenvalue weighted by Gasteiger charge is -2.18. The van der Waals surface area contributed by atoms with Crippen molar-refractivity contribution in [3.05, 3.63) is 24.0 Å². The smallest absolute Gasteiger partial charge is 0.121 e. The zero-order chi connectivity index (χ0) is 12.8. The first-order valence-electron chi connectivity index (χ1n) is 6.48. The Balaban J connectivity index is 1.79. The Hall–Kier alpha value is -1.55. The van der Waals surface area contributed by atoms with E-state index in [2.05, 4.69) is 28.7 Å². The second kappa shape index (κ2) is 3.99. The minimum absolute atomic E-state index is 0.441. The van der Waals surface area contributed by atoms with Crippen molar-refractivity contribution in [1.82, 2.24) is 14.9 Å². The average Bonchev–Trinajstić information content (AvgIpc) is 2.81. The summed E-state index contributed by atoms with van der Waals surface area (Å²) in [5.74, 6) is 1.04. The summed E-state index contributed by atoms with van der Waals surface area (Å²) in [7, 11) is 0. The summed E-state index contributed by atoms with van der Waals surface area (Å²) in [6.07, 6.45) is 1.26. The molecule has 3 rings (SSSR count). The molecule has 0 atom stereocenters. The van der Waals surface area contributed by atoms with Gasteiger partial charge in [0, 0.05) is 12.2 Å². The van der Waals surface area contributed by atoms with Gasteiger partial charge in [0.15, 0.2) is 0 Å². The van der Waals surface area contributed by atoms with Crippen LogP contribution in [0.15, 0.2) is 18.2 Å². The van der Waals surface area contributed by atoms with Gasteiger partial charge in [-0.05, 0) is 36.6 Å². The van der Waals surface area contributed by atoms with Crippen molar-refractivity contribution in [3.8, 4) is 0 Å². The van der Waals surface area contributed by atoms with Gasteiger partial charge in [-0.2, -0.15) is 0 Å². The maximum atomic E-state index is 5.77. The van der Waals surface area contributed by atoms with Crippen LogP contribution >= 0.6 is 0 Å². The third-order valence-electron chi connectivity index (χ3n) is 3.68. The van der Waals surface area contributed by atoms with Crippen molar-refractivity contribution in [3.63, 3.8) is 0 Å². The molecule has 1 aromatic heterocycles. The van der Waals surface area contributed by atoms with Crippen molar-refractivity contribution in [2.75, 3.05) is 18.8 Å². The van der Waals surface area contributed by atoms with E-state index in [9.17, 15) is 0 Å². The van der Waals surface area contributed by atoms with Crippen LogP contribution in [-0.4, -0.2) is 28.0 Å². The van der Waals surface area contributed by atoms with Crippen molar-refractivity contribution >= 4 is 16.7 Å². The largest absolute Gasteiger partial charge is 0.399 e. The molecule has 2 heterocycles. The molecular formula is C14H20N4. The number of nitrogens with zero attached hydrogens (tertiary/aromatic N) is 2. The highest BCUT2D eigenvalue weighted by Crippen LogP contribution is 2.29. The number of nitrogens with two attached hydrogens (primary N) is 1. The van der Waals surface area contributed by atoms with Crippen LogP contribution in [0.25, 0.3) is 11.0 Å². The molecule has 1 aliphatic heterocycles. The predicted molar refractivity (Wildman–Crippen MR) is 74.2 cm³/mol. The van der Waals surface area contributed by atoms with Gasteiger partial charge >= 0.3 is 0 Å². The molecule has 4 nitrogen and oxygen atoms in total. The molecule has 0 amide bonds. The quantitative estimate of drug-likeness (QED) is 0.797. The molecule has 1 fully saturated rings. The van der Waals surface area contributed by atoms with Crippen LogP contribution in [0.2, 0.25) is 0 Å². The summed E-state index contributed by atoms with van der Waals surface area (Å²) in [4.78, 5) is 10.4. The Kier molecular flexibility index (Phi) is 2.55. The molecule has 18 heavy (non-hydrogen) atoms. The fraction of sp³-hybridized carbons (Fsp3) is 0.500. The Bertz CT molecular complexity index is 570. The highest BCUT2D eigenvalue weighted by Gasteiger charge is 2.29. The first-order chi connectivity index (χ1) is 8.52. The topological polar surface area (TPSA) is 57.9 Å². The Labute approximate surface area is 107 Å². The number of imidazole rings is 1. The third kappa shape index (κ3) is 2.20. The van der Waals surface area contributed by atoms with E-state index >= 15 is 0 Å². The van der Waals surface area contributed by atoms with E-state index in [1.807, 2.05) is 18.2 Å². The predicted octanol–water partition coefficient (Wildman–Crippen LogP) is 2.38. The van der Waals surface area contributed by atoms with Gasteiger partial charge < -0.3 is 10.7 Å². The molecule has 0 saturated carbocycles. The van der Waals surface area contributed by atoms with Crippen LogP contribution in [0, 0.1) is 5.41 Å². The van der Waals surface area contributed by atoms with Crippen LogP contribution in [-0.2, 0) is 6.54 Å². The molecule has 1 aromatic carbocycles. The number of rotatable bonds is 2. The fourth-order valence-corrected chi connectivity index (χ4v) is 2.73. The van der Waals surface area contributed by atoms with Gasteiger partial charge in [-0.3, -0.25) is 4.90 Å². The lowest BCUT2D eigenvalue weighted by molar-refractivity contribution is 0.279. The van der Waals surface area contributed by atoms with Crippen LogP contribution in [0.4, 0.5) is 5.69 Å². The zero-order valence-electron chi connectivity index (χ0n) is 11.0. The van der Waals surface area contributed by atoms with Crippen LogP contribution in [0.3, 0.4) is 0 Å². The number of H-pyrrole nitrogens is 1. The molecule has 3 N–H and O–H groups in total. The molecular weight excluding hydrogens is 224 g/mol. The number of aromatic nitrogens is 2. The molecule has 0 bridgehead atoms. The molecule has 1 aliphatic rings. The number of hydrogen-bond donors (Lipinski definition) is 2. The summed E-state index contributed by atoms with van der Waals surface area (Å²) >= 11 is 0. The Morgan fingerprint density at radius 3 is 3.00 bits per heavy atom. The van der Waals surface area contributed by atoms with Crippen molar-refractivity contribution in [2.24, 2.45) is 5.41 Å². The maximum absolute atomic E-state index is 5.77. The number of hydrogen-bond acceptors (Lipinski definition) is 3. The lowest BCUT2D eigenvalue weighted by Crippen LogP contribution is -2.23. The summed E-state index contributed by atoms with van der Waals surface area (Å²) in [5, 5.41) is 0. The fourth-order valence-electron chi connectivity index (χ4n) is 2.73. The third-order valence-corrected chi connectivity index (χ3v) is 3.68. The molecule has 1 saturated heterocycles. The standard InChI is InChI=1S/C14H20N4/c1-14(2)5-6-18(9-14)8-13-16-11-4-3-10(15)7-12(11)17-13/h3-4,7H,5-6,8-9,15H2,1-2H3,(H,16,17). The van der Waals surface area contributed by atoms with E-state index in [-0.39, 0.29) is 0 Å². The first kappa shape index (κ1) is 11.5. The second-order valence-corrected chi connectivity index (χ2v) is 6.08. The highest BCUT2D eigenvalue weighted by molar-refractivity contribution is 5.78. The van der Waals surface area contributed by atoms with Gasteiger partial charge in [0.1, 0.15) is 5.82 Å². The van der Waals surface area contributed by atoms with Crippen molar-refractivity contribution < 1.29 is 0 Å². The molecule has 0 unspecified atom stereocenters. The molecule has 4 heteroatoms. The summed E-state index contributed by atoms with van der Waals surface area (Å²) in [5.41, 5.74) is 9.02. The minimum Gasteiger partial charge on any atom is -0.399 e. The lowest BCUT2D eigenvalue weighted by atomic mass is 9.93. The number of aromatic amines is 1. The molecule has 2 aromatic rings. The van der Waals surface area contributed by atoms with Gasteiger partial charge in [-0.15, -0.1) is 0 Å². The van der Waals surface area contributed by atoms with E-state index in [0.717, 1.165) is 42.2 Å². The SMILES string of the molecule is CC1(C)CCN(Cc2nc3ccc(N)cc3[nH]2)C1. The summed E-state index contributed by atoms with van der Waals surface area (Å²) in [6, 6.07) is 5.81. The normalized spacial score (nSPS) is 19.7. The number of benzene rings is 1. The van der Waals surface area contributed by atoms with Crippen molar-refractivity contribution in [1.29, 1.82) is 0 Å².